The molecule has 0 unspecified atom stereocenters. The SMILES string of the molecule is O=C(CNc1ccccc1)NN=Cc1cc([N+](=O)[O-])ccc1N1CCCCCC1. The molecule has 0 radical (unpaired) electrons. The number of nitrogens with zero attached hydrogens (tertiary/aromatic N) is 3. The molecular formula is C21H25N5O3. The molecule has 1 fully saturated rings. The van der Waals surface area contributed by atoms with Gasteiger partial charge in [0.05, 0.1) is 17.7 Å². The van der Waals surface area contributed by atoms with Crippen molar-refractivity contribution in [1.82, 2.24) is 5.43 Å². The Morgan fingerprint density at radius 1 is 1.10 bits per heavy atom. The lowest BCUT2D eigenvalue weighted by atomic mass is 10.1. The van der Waals surface area contributed by atoms with E-state index < -0.39 is 4.92 Å². The molecule has 1 heterocycles. The zero-order valence-corrected chi connectivity index (χ0v) is 16.2. The predicted octanol–water partition coefficient (Wildman–Crippen LogP) is 3.54. The Morgan fingerprint density at radius 3 is 2.52 bits per heavy atom. The number of amides is 1. The highest BCUT2D eigenvalue weighted by atomic mass is 16.6. The number of anilines is 2. The molecule has 0 saturated carbocycles. The summed E-state index contributed by atoms with van der Waals surface area (Å²) in [7, 11) is 0. The lowest BCUT2D eigenvalue weighted by Crippen LogP contribution is -2.26. The lowest BCUT2D eigenvalue weighted by molar-refractivity contribution is -0.384. The number of non-ortho nitro benzene ring substituents is 1. The van der Waals surface area contributed by atoms with Crippen LogP contribution >= 0.6 is 0 Å². The molecule has 2 aromatic rings. The van der Waals surface area contributed by atoms with Gasteiger partial charge in [-0.05, 0) is 31.0 Å². The van der Waals surface area contributed by atoms with Gasteiger partial charge in [0.25, 0.3) is 11.6 Å². The number of hydrogen-bond donors (Lipinski definition) is 2. The Kier molecular flexibility index (Phi) is 7.16. The van der Waals surface area contributed by atoms with Crippen molar-refractivity contribution < 1.29 is 9.72 Å². The molecular weight excluding hydrogens is 370 g/mol. The van der Waals surface area contributed by atoms with E-state index in [-0.39, 0.29) is 18.1 Å². The molecule has 2 aromatic carbocycles. The maximum atomic E-state index is 12.0. The number of hydrogen-bond acceptors (Lipinski definition) is 6. The van der Waals surface area contributed by atoms with Crippen molar-refractivity contribution in [3.63, 3.8) is 0 Å². The molecule has 1 amide bonds. The minimum atomic E-state index is -0.425. The van der Waals surface area contributed by atoms with Gasteiger partial charge in [-0.2, -0.15) is 5.10 Å². The molecule has 152 valence electrons. The average Bonchev–Trinajstić information content (AvgIpc) is 3.02. The van der Waals surface area contributed by atoms with Gasteiger partial charge < -0.3 is 10.2 Å². The third-order valence-electron chi connectivity index (χ3n) is 4.79. The molecule has 8 heteroatoms. The van der Waals surface area contributed by atoms with E-state index in [0.29, 0.717) is 5.56 Å². The van der Waals surface area contributed by atoms with Gasteiger partial charge in [0, 0.05) is 42.2 Å². The van der Waals surface area contributed by atoms with Gasteiger partial charge in [0.1, 0.15) is 0 Å². The zero-order chi connectivity index (χ0) is 20.5. The summed E-state index contributed by atoms with van der Waals surface area (Å²) in [5.74, 6) is -0.299. The first-order chi connectivity index (χ1) is 14.1. The summed E-state index contributed by atoms with van der Waals surface area (Å²) in [6.45, 7) is 1.90. The van der Waals surface area contributed by atoms with Crippen LogP contribution in [0.4, 0.5) is 17.1 Å². The van der Waals surface area contributed by atoms with E-state index in [1.165, 1.54) is 31.2 Å². The number of nitrogens with one attached hydrogen (secondary N) is 2. The fourth-order valence-electron chi connectivity index (χ4n) is 3.31. The number of para-hydroxylation sites is 1. The Balaban J connectivity index is 1.67. The second-order valence-electron chi connectivity index (χ2n) is 6.91. The van der Waals surface area contributed by atoms with Crippen LogP contribution in [0.25, 0.3) is 0 Å². The number of nitro benzene ring substituents is 1. The van der Waals surface area contributed by atoms with Crippen molar-refractivity contribution in [2.45, 2.75) is 25.7 Å². The van der Waals surface area contributed by atoms with E-state index in [0.717, 1.165) is 37.3 Å². The van der Waals surface area contributed by atoms with Gasteiger partial charge >= 0.3 is 0 Å². The molecule has 2 N–H and O–H groups in total. The van der Waals surface area contributed by atoms with Crippen LogP contribution in [0.3, 0.4) is 0 Å². The van der Waals surface area contributed by atoms with Crippen LogP contribution in [-0.4, -0.2) is 36.7 Å². The van der Waals surface area contributed by atoms with Crippen molar-refractivity contribution in [2.75, 3.05) is 29.9 Å². The first kappa shape index (κ1) is 20.3. The molecule has 0 spiro atoms. The smallest absolute Gasteiger partial charge is 0.270 e. The van der Waals surface area contributed by atoms with E-state index >= 15 is 0 Å². The summed E-state index contributed by atoms with van der Waals surface area (Å²) in [5, 5.41) is 18.2. The van der Waals surface area contributed by atoms with Crippen LogP contribution in [0.15, 0.2) is 53.6 Å². The minimum absolute atomic E-state index is 0.00194. The summed E-state index contributed by atoms with van der Waals surface area (Å²) in [6, 6.07) is 14.2. The number of hydrazone groups is 1. The average molecular weight is 395 g/mol. The largest absolute Gasteiger partial charge is 0.376 e. The third kappa shape index (κ3) is 6.03. The van der Waals surface area contributed by atoms with Gasteiger partial charge in [0.15, 0.2) is 0 Å². The molecule has 3 rings (SSSR count). The molecule has 1 aliphatic heterocycles. The third-order valence-corrected chi connectivity index (χ3v) is 4.79. The summed E-state index contributed by atoms with van der Waals surface area (Å²) in [6.07, 6.45) is 6.05. The maximum Gasteiger partial charge on any atom is 0.270 e. The summed E-state index contributed by atoms with van der Waals surface area (Å²) in [4.78, 5) is 25.0. The van der Waals surface area contributed by atoms with E-state index in [9.17, 15) is 14.9 Å². The first-order valence-corrected chi connectivity index (χ1v) is 9.78. The molecule has 0 atom stereocenters. The number of rotatable bonds is 7. The van der Waals surface area contributed by atoms with Crippen LogP contribution in [-0.2, 0) is 4.79 Å². The number of carbonyl (C=O) groups is 1. The molecule has 1 saturated heterocycles. The normalized spacial score (nSPS) is 14.4. The summed E-state index contributed by atoms with van der Waals surface area (Å²) < 4.78 is 0. The quantitative estimate of drug-likeness (QED) is 0.424. The van der Waals surface area contributed by atoms with Crippen LogP contribution in [0.1, 0.15) is 31.2 Å². The second kappa shape index (κ2) is 10.2. The highest BCUT2D eigenvalue weighted by Gasteiger charge is 2.16. The van der Waals surface area contributed by atoms with Crippen LogP contribution in [0.5, 0.6) is 0 Å². The Morgan fingerprint density at radius 2 is 1.83 bits per heavy atom. The van der Waals surface area contributed by atoms with Gasteiger partial charge in [-0.3, -0.25) is 14.9 Å². The highest BCUT2D eigenvalue weighted by molar-refractivity contribution is 5.90. The Labute approximate surface area is 169 Å². The number of benzene rings is 2. The molecule has 0 aromatic heterocycles. The molecule has 1 aliphatic rings. The van der Waals surface area contributed by atoms with E-state index in [1.807, 2.05) is 30.3 Å². The summed E-state index contributed by atoms with van der Waals surface area (Å²) in [5.41, 5.74) is 4.84. The van der Waals surface area contributed by atoms with Crippen molar-refractivity contribution in [3.05, 3.63) is 64.2 Å². The van der Waals surface area contributed by atoms with Gasteiger partial charge in [-0.15, -0.1) is 0 Å². The zero-order valence-electron chi connectivity index (χ0n) is 16.2. The van der Waals surface area contributed by atoms with Crippen molar-refractivity contribution in [2.24, 2.45) is 5.10 Å². The molecule has 29 heavy (non-hydrogen) atoms. The molecule has 0 aliphatic carbocycles. The first-order valence-electron chi connectivity index (χ1n) is 9.78. The maximum absolute atomic E-state index is 12.0. The Bertz CT molecular complexity index is 862. The van der Waals surface area contributed by atoms with Gasteiger partial charge in [-0.1, -0.05) is 31.0 Å². The number of carbonyl (C=O) groups excluding carboxylic acids is 1. The van der Waals surface area contributed by atoms with E-state index in [4.69, 9.17) is 0 Å². The van der Waals surface area contributed by atoms with E-state index in [2.05, 4.69) is 20.7 Å². The topological polar surface area (TPSA) is 99.9 Å². The van der Waals surface area contributed by atoms with Crippen molar-refractivity contribution >= 4 is 29.2 Å². The van der Waals surface area contributed by atoms with Gasteiger partial charge in [-0.25, -0.2) is 5.43 Å². The standard InChI is InChI=1S/C21H25N5O3/c27-21(16-22-18-8-4-3-5-9-18)24-23-15-17-14-19(26(28)29)10-11-20(17)25-12-6-1-2-7-13-25/h3-5,8-11,14-15,22H,1-2,6-7,12-13,16H2,(H,24,27). The van der Waals surface area contributed by atoms with Crippen LogP contribution in [0.2, 0.25) is 0 Å². The fourth-order valence-corrected chi connectivity index (χ4v) is 3.31. The second-order valence-corrected chi connectivity index (χ2v) is 6.91. The fraction of sp³-hybridized carbons (Fsp3) is 0.333. The monoisotopic (exact) mass is 395 g/mol. The van der Waals surface area contributed by atoms with Crippen LogP contribution < -0.4 is 15.6 Å². The van der Waals surface area contributed by atoms with E-state index in [1.54, 1.807) is 6.07 Å². The van der Waals surface area contributed by atoms with Crippen molar-refractivity contribution in [1.29, 1.82) is 0 Å². The lowest BCUT2D eigenvalue weighted by Gasteiger charge is -2.24. The molecule has 0 bridgehead atoms. The summed E-state index contributed by atoms with van der Waals surface area (Å²) >= 11 is 0. The number of nitro groups is 1. The van der Waals surface area contributed by atoms with Crippen molar-refractivity contribution in [3.8, 4) is 0 Å². The highest BCUT2D eigenvalue weighted by Crippen LogP contribution is 2.26. The van der Waals surface area contributed by atoms with Crippen LogP contribution in [0, 0.1) is 10.1 Å². The van der Waals surface area contributed by atoms with Gasteiger partial charge in [0.2, 0.25) is 0 Å². The minimum Gasteiger partial charge on any atom is -0.376 e. The Hall–Kier alpha value is -3.42. The predicted molar refractivity (Wildman–Crippen MR) is 114 cm³/mol. The molecule has 8 nitrogen and oxygen atoms in total.